The Morgan fingerprint density at radius 1 is 1.06 bits per heavy atom. The molecule has 0 N–H and O–H groups in total. The SMILES string of the molecule is Cc1ccc(S(=O)(=O)N2CCCN(C(=O)CN3C(=O)COc4ccc(Cl)cc43)CC2)cc1. The van der Waals surface area contributed by atoms with E-state index >= 15 is 0 Å². The second-order valence-corrected chi connectivity index (χ2v) is 10.2. The standard InChI is InChI=1S/C22H24ClN3O5S/c1-16-3-6-18(7-4-16)32(29,30)25-10-2-9-24(11-12-25)21(27)14-26-19-13-17(23)5-8-20(19)31-15-22(26)28/h3-8,13H,2,9-12,14-15H2,1H3. The number of carbonyl (C=O) groups is 2. The topological polar surface area (TPSA) is 87.2 Å². The van der Waals surface area contributed by atoms with Gasteiger partial charge in [-0.25, -0.2) is 8.42 Å². The number of benzene rings is 2. The molecule has 0 unspecified atom stereocenters. The highest BCUT2D eigenvalue weighted by atomic mass is 35.5. The monoisotopic (exact) mass is 477 g/mol. The number of ether oxygens (including phenoxy) is 1. The van der Waals surface area contributed by atoms with Crippen LogP contribution in [0.4, 0.5) is 5.69 Å². The summed E-state index contributed by atoms with van der Waals surface area (Å²) < 4.78 is 32.8. The minimum absolute atomic E-state index is 0.148. The molecule has 32 heavy (non-hydrogen) atoms. The molecule has 2 aliphatic rings. The van der Waals surface area contributed by atoms with Crippen LogP contribution < -0.4 is 9.64 Å². The van der Waals surface area contributed by atoms with Gasteiger partial charge in [-0.15, -0.1) is 0 Å². The molecule has 1 saturated heterocycles. The maximum atomic E-state index is 13.0. The number of sulfonamides is 1. The van der Waals surface area contributed by atoms with Gasteiger partial charge in [0.2, 0.25) is 15.9 Å². The number of fused-ring (bicyclic) bond motifs is 1. The molecule has 0 saturated carbocycles. The molecular weight excluding hydrogens is 454 g/mol. The van der Waals surface area contributed by atoms with Crippen molar-refractivity contribution in [2.45, 2.75) is 18.2 Å². The lowest BCUT2D eigenvalue weighted by atomic mass is 10.2. The fourth-order valence-corrected chi connectivity index (χ4v) is 5.46. The van der Waals surface area contributed by atoms with E-state index in [4.69, 9.17) is 16.3 Å². The van der Waals surface area contributed by atoms with Gasteiger partial charge in [-0.05, 0) is 43.7 Å². The van der Waals surface area contributed by atoms with E-state index < -0.39 is 10.0 Å². The zero-order chi connectivity index (χ0) is 22.9. The van der Waals surface area contributed by atoms with E-state index in [0.29, 0.717) is 36.0 Å². The van der Waals surface area contributed by atoms with E-state index in [9.17, 15) is 18.0 Å². The van der Waals surface area contributed by atoms with Crippen molar-refractivity contribution in [3.8, 4) is 5.75 Å². The Labute approximate surface area is 192 Å². The third-order valence-electron chi connectivity index (χ3n) is 5.62. The normalized spacial score (nSPS) is 17.5. The molecule has 0 aliphatic carbocycles. The quantitative estimate of drug-likeness (QED) is 0.674. The Hall–Kier alpha value is -2.62. The summed E-state index contributed by atoms with van der Waals surface area (Å²) in [5.74, 6) is -0.0830. The van der Waals surface area contributed by atoms with Crippen LogP contribution in [-0.4, -0.2) is 68.8 Å². The Kier molecular flexibility index (Phi) is 6.41. The van der Waals surface area contributed by atoms with E-state index in [-0.39, 0.29) is 43.0 Å². The molecular formula is C22H24ClN3O5S. The van der Waals surface area contributed by atoms with Gasteiger partial charge in [0.25, 0.3) is 5.91 Å². The largest absolute Gasteiger partial charge is 0.482 e. The van der Waals surface area contributed by atoms with Crippen LogP contribution in [0.25, 0.3) is 0 Å². The average Bonchev–Trinajstić information content (AvgIpc) is 3.03. The molecule has 8 nitrogen and oxygen atoms in total. The van der Waals surface area contributed by atoms with E-state index in [1.807, 2.05) is 6.92 Å². The fraction of sp³-hybridized carbons (Fsp3) is 0.364. The number of amides is 2. The minimum Gasteiger partial charge on any atom is -0.482 e. The van der Waals surface area contributed by atoms with Crippen molar-refractivity contribution in [2.24, 2.45) is 0 Å². The molecule has 170 valence electrons. The van der Waals surface area contributed by atoms with Gasteiger partial charge in [-0.3, -0.25) is 14.5 Å². The summed E-state index contributed by atoms with van der Waals surface area (Å²) in [5, 5.41) is 0.436. The molecule has 0 aromatic heterocycles. The lowest BCUT2D eigenvalue weighted by molar-refractivity contribution is -0.131. The fourth-order valence-electron chi connectivity index (χ4n) is 3.83. The molecule has 2 aromatic rings. The first-order valence-corrected chi connectivity index (χ1v) is 12.1. The summed E-state index contributed by atoms with van der Waals surface area (Å²) in [4.78, 5) is 28.7. The molecule has 0 bridgehead atoms. The summed E-state index contributed by atoms with van der Waals surface area (Å²) in [7, 11) is -3.63. The number of carbonyl (C=O) groups excluding carboxylic acids is 2. The Bertz CT molecular complexity index is 1140. The molecule has 2 aliphatic heterocycles. The summed E-state index contributed by atoms with van der Waals surface area (Å²) >= 11 is 6.06. The number of hydrogen-bond donors (Lipinski definition) is 0. The number of halogens is 1. The minimum atomic E-state index is -3.63. The lowest BCUT2D eigenvalue weighted by Crippen LogP contribution is -2.47. The van der Waals surface area contributed by atoms with Gasteiger partial charge < -0.3 is 9.64 Å². The maximum Gasteiger partial charge on any atom is 0.265 e. The first-order chi connectivity index (χ1) is 15.3. The molecule has 10 heteroatoms. The molecule has 0 radical (unpaired) electrons. The molecule has 2 amide bonds. The summed E-state index contributed by atoms with van der Waals surface area (Å²) in [6.07, 6.45) is 0.510. The number of hydrogen-bond acceptors (Lipinski definition) is 5. The first-order valence-electron chi connectivity index (χ1n) is 10.3. The van der Waals surface area contributed by atoms with E-state index in [1.165, 1.54) is 9.21 Å². The van der Waals surface area contributed by atoms with Crippen LogP contribution in [0.1, 0.15) is 12.0 Å². The van der Waals surface area contributed by atoms with Gasteiger partial charge in [-0.2, -0.15) is 4.31 Å². The van der Waals surface area contributed by atoms with Gasteiger partial charge in [0.05, 0.1) is 10.6 Å². The third kappa shape index (κ3) is 4.60. The molecule has 0 atom stereocenters. The number of aryl methyl sites for hydroxylation is 1. The predicted octanol–water partition coefficient (Wildman–Crippen LogP) is 2.30. The highest BCUT2D eigenvalue weighted by Gasteiger charge is 2.32. The van der Waals surface area contributed by atoms with Gasteiger partial charge in [-0.1, -0.05) is 29.3 Å². The summed E-state index contributed by atoms with van der Waals surface area (Å²) in [5.41, 5.74) is 1.44. The van der Waals surface area contributed by atoms with Gasteiger partial charge in [0, 0.05) is 31.2 Å². The van der Waals surface area contributed by atoms with Crippen molar-refractivity contribution in [2.75, 3.05) is 44.2 Å². The van der Waals surface area contributed by atoms with E-state index in [0.717, 1.165) is 5.56 Å². The van der Waals surface area contributed by atoms with Crippen LogP contribution in [0.15, 0.2) is 47.4 Å². The molecule has 2 heterocycles. The Morgan fingerprint density at radius 2 is 1.81 bits per heavy atom. The number of nitrogens with zero attached hydrogens (tertiary/aromatic N) is 3. The van der Waals surface area contributed by atoms with Crippen molar-refractivity contribution in [1.29, 1.82) is 0 Å². The third-order valence-corrected chi connectivity index (χ3v) is 7.77. The van der Waals surface area contributed by atoms with Crippen molar-refractivity contribution >= 4 is 39.1 Å². The predicted molar refractivity (Wildman–Crippen MR) is 120 cm³/mol. The number of anilines is 1. The van der Waals surface area contributed by atoms with Crippen LogP contribution in [0.5, 0.6) is 5.75 Å². The van der Waals surface area contributed by atoms with Crippen LogP contribution in [0.3, 0.4) is 0 Å². The van der Waals surface area contributed by atoms with Crippen molar-refractivity contribution in [1.82, 2.24) is 9.21 Å². The summed E-state index contributed by atoms with van der Waals surface area (Å²) in [6, 6.07) is 11.7. The molecule has 4 rings (SSSR count). The maximum absolute atomic E-state index is 13.0. The Morgan fingerprint density at radius 3 is 2.56 bits per heavy atom. The van der Waals surface area contributed by atoms with Crippen LogP contribution in [-0.2, 0) is 19.6 Å². The van der Waals surface area contributed by atoms with E-state index in [1.54, 1.807) is 47.4 Å². The molecule has 1 fully saturated rings. The van der Waals surface area contributed by atoms with Crippen molar-refractivity contribution in [3.05, 3.63) is 53.1 Å². The smallest absolute Gasteiger partial charge is 0.265 e. The van der Waals surface area contributed by atoms with Crippen molar-refractivity contribution in [3.63, 3.8) is 0 Å². The van der Waals surface area contributed by atoms with Crippen LogP contribution in [0, 0.1) is 6.92 Å². The highest BCUT2D eigenvalue weighted by Crippen LogP contribution is 2.34. The average molecular weight is 478 g/mol. The van der Waals surface area contributed by atoms with Crippen LogP contribution in [0.2, 0.25) is 5.02 Å². The van der Waals surface area contributed by atoms with E-state index in [2.05, 4.69) is 0 Å². The van der Waals surface area contributed by atoms with Gasteiger partial charge in [0.1, 0.15) is 12.3 Å². The van der Waals surface area contributed by atoms with Gasteiger partial charge in [0.15, 0.2) is 6.61 Å². The zero-order valence-corrected chi connectivity index (χ0v) is 19.2. The highest BCUT2D eigenvalue weighted by molar-refractivity contribution is 7.89. The molecule has 0 spiro atoms. The van der Waals surface area contributed by atoms with Crippen LogP contribution >= 0.6 is 11.6 Å². The number of rotatable bonds is 4. The second-order valence-electron chi connectivity index (χ2n) is 7.83. The first kappa shape index (κ1) is 22.6. The zero-order valence-electron chi connectivity index (χ0n) is 17.7. The second kappa shape index (κ2) is 9.09. The van der Waals surface area contributed by atoms with Crippen molar-refractivity contribution < 1.29 is 22.7 Å². The lowest BCUT2D eigenvalue weighted by Gasteiger charge is -2.31. The van der Waals surface area contributed by atoms with Gasteiger partial charge >= 0.3 is 0 Å². The summed E-state index contributed by atoms with van der Waals surface area (Å²) in [6.45, 7) is 2.79. The Balaban J connectivity index is 1.45. The molecule has 2 aromatic carbocycles.